The van der Waals surface area contributed by atoms with Gasteiger partial charge in [-0.1, -0.05) is 19.1 Å². The number of benzene rings is 1. The lowest BCUT2D eigenvalue weighted by Gasteiger charge is -2.15. The Morgan fingerprint density at radius 1 is 1.41 bits per heavy atom. The van der Waals surface area contributed by atoms with E-state index in [1.165, 1.54) is 12.1 Å². The first kappa shape index (κ1) is 12.0. The van der Waals surface area contributed by atoms with E-state index in [1.54, 1.807) is 12.1 Å². The SMILES string of the molecule is CC1CN(Cc2ccc(F)cc2)CC1C(=O)O. The number of likely N-dealkylation sites (tertiary alicyclic amines) is 1. The fourth-order valence-electron chi connectivity index (χ4n) is 2.37. The van der Waals surface area contributed by atoms with Crippen LogP contribution in [0.4, 0.5) is 4.39 Å². The molecule has 1 aliphatic rings. The second-order valence-corrected chi connectivity index (χ2v) is 4.74. The molecule has 92 valence electrons. The van der Waals surface area contributed by atoms with Gasteiger partial charge < -0.3 is 5.11 Å². The molecule has 1 aromatic rings. The van der Waals surface area contributed by atoms with Crippen molar-refractivity contribution < 1.29 is 14.3 Å². The Balaban J connectivity index is 1.97. The number of nitrogens with zero attached hydrogens (tertiary/aromatic N) is 1. The molecule has 1 aliphatic heterocycles. The predicted octanol–water partition coefficient (Wildman–Crippen LogP) is 1.98. The largest absolute Gasteiger partial charge is 0.481 e. The molecule has 2 rings (SSSR count). The highest BCUT2D eigenvalue weighted by Crippen LogP contribution is 2.24. The van der Waals surface area contributed by atoms with Crippen molar-refractivity contribution in [2.45, 2.75) is 13.5 Å². The lowest BCUT2D eigenvalue weighted by atomic mass is 9.99. The van der Waals surface area contributed by atoms with Crippen LogP contribution in [-0.4, -0.2) is 29.1 Å². The molecule has 0 bridgehead atoms. The van der Waals surface area contributed by atoms with Crippen LogP contribution in [0.2, 0.25) is 0 Å². The van der Waals surface area contributed by atoms with Crippen molar-refractivity contribution in [3.63, 3.8) is 0 Å². The number of hydrogen-bond donors (Lipinski definition) is 1. The average Bonchev–Trinajstić information content (AvgIpc) is 2.63. The molecule has 0 aromatic heterocycles. The zero-order valence-corrected chi connectivity index (χ0v) is 9.77. The van der Waals surface area contributed by atoms with E-state index in [1.807, 2.05) is 6.92 Å². The summed E-state index contributed by atoms with van der Waals surface area (Å²) in [6.45, 7) is 4.01. The van der Waals surface area contributed by atoms with Crippen LogP contribution in [0.25, 0.3) is 0 Å². The van der Waals surface area contributed by atoms with Gasteiger partial charge in [0.15, 0.2) is 0 Å². The Kier molecular flexibility index (Phi) is 3.43. The highest BCUT2D eigenvalue weighted by molar-refractivity contribution is 5.71. The van der Waals surface area contributed by atoms with Gasteiger partial charge in [0.05, 0.1) is 5.92 Å². The molecule has 3 nitrogen and oxygen atoms in total. The molecular formula is C13H16FNO2. The van der Waals surface area contributed by atoms with Gasteiger partial charge in [0.1, 0.15) is 5.82 Å². The summed E-state index contributed by atoms with van der Waals surface area (Å²) < 4.78 is 12.7. The highest BCUT2D eigenvalue weighted by Gasteiger charge is 2.34. The summed E-state index contributed by atoms with van der Waals surface area (Å²) in [7, 11) is 0. The van der Waals surface area contributed by atoms with E-state index in [0.717, 1.165) is 12.1 Å². The maximum absolute atomic E-state index is 12.7. The van der Waals surface area contributed by atoms with Crippen LogP contribution in [0, 0.1) is 17.7 Å². The van der Waals surface area contributed by atoms with Crippen molar-refractivity contribution in [2.24, 2.45) is 11.8 Å². The van der Waals surface area contributed by atoms with Gasteiger partial charge in [-0.15, -0.1) is 0 Å². The third-order valence-electron chi connectivity index (χ3n) is 3.32. The number of carboxylic acids is 1. The van der Waals surface area contributed by atoms with Gasteiger partial charge in [0.25, 0.3) is 0 Å². The number of halogens is 1. The third-order valence-corrected chi connectivity index (χ3v) is 3.32. The van der Waals surface area contributed by atoms with Gasteiger partial charge in [-0.25, -0.2) is 4.39 Å². The van der Waals surface area contributed by atoms with Gasteiger partial charge in [0.2, 0.25) is 0 Å². The second kappa shape index (κ2) is 4.84. The number of carboxylic acid groups (broad SMARTS) is 1. The van der Waals surface area contributed by atoms with Crippen LogP contribution < -0.4 is 0 Å². The van der Waals surface area contributed by atoms with E-state index < -0.39 is 5.97 Å². The zero-order chi connectivity index (χ0) is 12.4. The van der Waals surface area contributed by atoms with Gasteiger partial charge in [0, 0.05) is 19.6 Å². The zero-order valence-electron chi connectivity index (χ0n) is 9.77. The Morgan fingerprint density at radius 2 is 2.06 bits per heavy atom. The quantitative estimate of drug-likeness (QED) is 0.873. The Morgan fingerprint density at radius 3 is 2.59 bits per heavy atom. The Labute approximate surface area is 99.9 Å². The molecule has 1 N–H and O–H groups in total. The van der Waals surface area contributed by atoms with Crippen molar-refractivity contribution in [3.05, 3.63) is 35.6 Å². The normalized spacial score (nSPS) is 25.1. The van der Waals surface area contributed by atoms with E-state index in [0.29, 0.717) is 13.1 Å². The summed E-state index contributed by atoms with van der Waals surface area (Å²) >= 11 is 0. The van der Waals surface area contributed by atoms with Crippen molar-refractivity contribution in [1.82, 2.24) is 4.90 Å². The molecule has 17 heavy (non-hydrogen) atoms. The van der Waals surface area contributed by atoms with Crippen molar-refractivity contribution in [1.29, 1.82) is 0 Å². The lowest BCUT2D eigenvalue weighted by molar-refractivity contribution is -0.142. The summed E-state index contributed by atoms with van der Waals surface area (Å²) in [5.74, 6) is -1.07. The van der Waals surface area contributed by atoms with E-state index in [9.17, 15) is 9.18 Å². The first-order valence-electron chi connectivity index (χ1n) is 5.76. The topological polar surface area (TPSA) is 40.5 Å². The maximum Gasteiger partial charge on any atom is 0.308 e. The first-order valence-corrected chi connectivity index (χ1v) is 5.76. The lowest BCUT2D eigenvalue weighted by Crippen LogP contribution is -2.23. The van der Waals surface area contributed by atoms with Gasteiger partial charge in [-0.2, -0.15) is 0 Å². The average molecular weight is 237 g/mol. The molecule has 1 heterocycles. The molecule has 0 aliphatic carbocycles. The summed E-state index contributed by atoms with van der Waals surface area (Å²) in [6, 6.07) is 6.36. The number of rotatable bonds is 3. The van der Waals surface area contributed by atoms with Crippen LogP contribution in [0.5, 0.6) is 0 Å². The maximum atomic E-state index is 12.7. The van der Waals surface area contributed by atoms with E-state index in [-0.39, 0.29) is 17.7 Å². The molecule has 4 heteroatoms. The molecule has 0 saturated carbocycles. The summed E-state index contributed by atoms with van der Waals surface area (Å²) in [4.78, 5) is 13.1. The van der Waals surface area contributed by atoms with Crippen molar-refractivity contribution >= 4 is 5.97 Å². The third kappa shape index (κ3) is 2.82. The van der Waals surface area contributed by atoms with Gasteiger partial charge in [-0.3, -0.25) is 9.69 Å². The first-order chi connectivity index (χ1) is 8.06. The minimum absolute atomic E-state index is 0.174. The van der Waals surface area contributed by atoms with Crippen LogP contribution in [0.3, 0.4) is 0 Å². The Hall–Kier alpha value is -1.42. The molecular weight excluding hydrogens is 221 g/mol. The fourth-order valence-corrected chi connectivity index (χ4v) is 2.37. The van der Waals surface area contributed by atoms with E-state index in [4.69, 9.17) is 5.11 Å². The van der Waals surface area contributed by atoms with Crippen LogP contribution in [0.1, 0.15) is 12.5 Å². The van der Waals surface area contributed by atoms with Crippen LogP contribution in [0.15, 0.2) is 24.3 Å². The summed E-state index contributed by atoms with van der Waals surface area (Å²) in [5.41, 5.74) is 1.02. The van der Waals surface area contributed by atoms with Crippen LogP contribution in [-0.2, 0) is 11.3 Å². The molecule has 1 saturated heterocycles. The molecule has 2 atom stereocenters. The van der Waals surface area contributed by atoms with E-state index >= 15 is 0 Å². The molecule has 0 amide bonds. The summed E-state index contributed by atoms with van der Waals surface area (Å²) in [5, 5.41) is 9.03. The fraction of sp³-hybridized carbons (Fsp3) is 0.462. The highest BCUT2D eigenvalue weighted by atomic mass is 19.1. The number of aliphatic carboxylic acids is 1. The van der Waals surface area contributed by atoms with Crippen molar-refractivity contribution in [2.75, 3.05) is 13.1 Å². The standard InChI is InChI=1S/C13H16FNO2/c1-9-6-15(8-12(9)13(16)17)7-10-2-4-11(14)5-3-10/h2-5,9,12H,6-8H2,1H3,(H,16,17). The monoisotopic (exact) mass is 237 g/mol. The molecule has 0 spiro atoms. The minimum Gasteiger partial charge on any atom is -0.481 e. The van der Waals surface area contributed by atoms with Crippen LogP contribution >= 0.6 is 0 Å². The number of hydrogen-bond acceptors (Lipinski definition) is 2. The molecule has 0 radical (unpaired) electrons. The summed E-state index contributed by atoms with van der Waals surface area (Å²) in [6.07, 6.45) is 0. The number of carbonyl (C=O) groups is 1. The Bertz CT molecular complexity index is 404. The smallest absolute Gasteiger partial charge is 0.308 e. The second-order valence-electron chi connectivity index (χ2n) is 4.74. The van der Waals surface area contributed by atoms with E-state index in [2.05, 4.69) is 4.90 Å². The molecule has 1 fully saturated rings. The van der Waals surface area contributed by atoms with Gasteiger partial charge >= 0.3 is 5.97 Å². The van der Waals surface area contributed by atoms with Gasteiger partial charge in [-0.05, 0) is 23.6 Å². The van der Waals surface area contributed by atoms with Crippen molar-refractivity contribution in [3.8, 4) is 0 Å². The molecule has 1 aromatic carbocycles. The molecule has 2 unspecified atom stereocenters. The minimum atomic E-state index is -0.723. The predicted molar refractivity (Wildman–Crippen MR) is 62.0 cm³/mol.